The van der Waals surface area contributed by atoms with Gasteiger partial charge in [0.05, 0.1) is 41.9 Å². The van der Waals surface area contributed by atoms with Crippen molar-refractivity contribution in [1.82, 2.24) is 45.9 Å². The van der Waals surface area contributed by atoms with E-state index in [9.17, 15) is 28.8 Å². The van der Waals surface area contributed by atoms with Crippen LogP contribution in [0.5, 0.6) is 0 Å². The molecule has 4 amide bonds. The van der Waals surface area contributed by atoms with Gasteiger partial charge in [0, 0.05) is 48.7 Å². The van der Waals surface area contributed by atoms with E-state index >= 15 is 0 Å². The Labute approximate surface area is 344 Å². The molecule has 1 atom stereocenters. The van der Waals surface area contributed by atoms with E-state index in [1.54, 1.807) is 0 Å². The highest BCUT2D eigenvalue weighted by Crippen LogP contribution is 2.25. The summed E-state index contributed by atoms with van der Waals surface area (Å²) in [5.41, 5.74) is 2.77. The van der Waals surface area contributed by atoms with Crippen molar-refractivity contribution >= 4 is 34.5 Å². The summed E-state index contributed by atoms with van der Waals surface area (Å²) in [5.74, 6) is 0.0172. The summed E-state index contributed by atoms with van der Waals surface area (Å²) in [5, 5.41) is 14.4. The smallest absolute Gasteiger partial charge is 0.317 e. The van der Waals surface area contributed by atoms with Gasteiger partial charge in [-0.2, -0.15) is 0 Å². The summed E-state index contributed by atoms with van der Waals surface area (Å²) in [6.07, 6.45) is 2.55. The number of hydrogen-bond acceptors (Lipinski definition) is 8. The molecule has 1 aromatic carbocycles. The lowest BCUT2D eigenvalue weighted by Gasteiger charge is -2.38. The molecular formula is C43H71N9O6. The van der Waals surface area contributed by atoms with E-state index < -0.39 is 0 Å². The predicted molar refractivity (Wildman–Crippen MR) is 231 cm³/mol. The van der Waals surface area contributed by atoms with Crippen LogP contribution in [0.3, 0.4) is 0 Å². The fourth-order valence-electron chi connectivity index (χ4n) is 6.02. The third-order valence-electron chi connectivity index (χ3n) is 9.59. The third-order valence-corrected chi connectivity index (χ3v) is 9.59. The van der Waals surface area contributed by atoms with E-state index in [4.69, 9.17) is 0 Å². The highest BCUT2D eigenvalue weighted by molar-refractivity contribution is 6.07. The molecule has 2 aromatic heterocycles. The Hall–Kier alpha value is -4.79. The topological polar surface area (TPSA) is 205 Å². The molecular weight excluding hydrogens is 739 g/mol. The first-order valence-electron chi connectivity index (χ1n) is 20.1. The summed E-state index contributed by atoms with van der Waals surface area (Å²) < 4.78 is 0. The van der Waals surface area contributed by atoms with E-state index in [0.29, 0.717) is 6.54 Å². The van der Waals surface area contributed by atoms with Gasteiger partial charge < -0.3 is 25.8 Å². The van der Waals surface area contributed by atoms with E-state index in [2.05, 4.69) is 103 Å². The second kappa shape index (κ2) is 19.8. The number of fused-ring (bicyclic) bond motifs is 1. The zero-order valence-corrected chi connectivity index (χ0v) is 37.7. The lowest BCUT2D eigenvalue weighted by molar-refractivity contribution is -0.126. The van der Waals surface area contributed by atoms with Gasteiger partial charge in [-0.25, -0.2) is 9.78 Å². The lowest BCUT2D eigenvalue weighted by Crippen LogP contribution is -2.54. The largest absolute Gasteiger partial charge is 0.354 e. The van der Waals surface area contributed by atoms with E-state index in [-0.39, 0.29) is 74.5 Å². The van der Waals surface area contributed by atoms with Crippen LogP contribution in [-0.2, 0) is 25.2 Å². The molecule has 324 valence electrons. The minimum Gasteiger partial charge on any atom is -0.354 e. The molecule has 1 unspecified atom stereocenters. The zero-order chi connectivity index (χ0) is 44.4. The van der Waals surface area contributed by atoms with Crippen molar-refractivity contribution in [3.8, 4) is 0 Å². The molecule has 15 nitrogen and oxygen atoms in total. The van der Waals surface area contributed by atoms with Crippen LogP contribution in [0, 0.1) is 5.41 Å². The van der Waals surface area contributed by atoms with Gasteiger partial charge in [-0.3, -0.25) is 39.1 Å². The normalized spacial score (nSPS) is 17.8. The Balaban J connectivity index is 0.000000251. The fraction of sp³-hybridized carbons (Fsp3) is 0.651. The molecule has 0 aliphatic carbocycles. The summed E-state index contributed by atoms with van der Waals surface area (Å²) in [7, 11) is 0. The highest BCUT2D eigenvalue weighted by Gasteiger charge is 2.38. The first kappa shape index (κ1) is 49.4. The van der Waals surface area contributed by atoms with Crippen LogP contribution in [0.2, 0.25) is 0 Å². The molecule has 3 saturated heterocycles. The van der Waals surface area contributed by atoms with Crippen molar-refractivity contribution in [3.05, 3.63) is 62.6 Å². The molecule has 3 fully saturated rings. The number of rotatable bonds is 0. The number of Topliss-reactive ketones (excluding diaryl/α,β-unsaturated/α-hetero) is 1. The molecule has 5 heterocycles. The summed E-state index contributed by atoms with van der Waals surface area (Å²) >= 11 is 0. The van der Waals surface area contributed by atoms with Crippen molar-refractivity contribution < 1.29 is 19.2 Å². The van der Waals surface area contributed by atoms with Crippen molar-refractivity contribution in [1.29, 1.82) is 0 Å². The molecule has 15 heteroatoms. The number of nitrogens with one attached hydrogen (secondary N) is 6. The number of carbonyl (C=O) groups excluding carboxylic acids is 4. The van der Waals surface area contributed by atoms with Gasteiger partial charge in [0.15, 0.2) is 5.78 Å². The number of benzene rings is 1. The maximum Gasteiger partial charge on any atom is 0.317 e. The van der Waals surface area contributed by atoms with E-state index in [1.807, 2.05) is 64.6 Å². The van der Waals surface area contributed by atoms with Crippen LogP contribution in [0.4, 0.5) is 4.79 Å². The summed E-state index contributed by atoms with van der Waals surface area (Å²) in [6, 6.07) is 7.21. The second-order valence-corrected chi connectivity index (χ2v) is 20.0. The van der Waals surface area contributed by atoms with E-state index in [1.165, 1.54) is 18.0 Å². The molecule has 3 aliphatic heterocycles. The lowest BCUT2D eigenvalue weighted by atomic mass is 9.85. The maximum absolute atomic E-state index is 11.3. The monoisotopic (exact) mass is 810 g/mol. The van der Waals surface area contributed by atoms with Gasteiger partial charge in [-0.1, -0.05) is 68.4 Å². The number of hydrogen-bond donors (Lipinski definition) is 6. The Morgan fingerprint density at radius 1 is 0.690 bits per heavy atom. The second-order valence-electron chi connectivity index (χ2n) is 20.0. The first-order valence-corrected chi connectivity index (χ1v) is 20.1. The number of amides is 4. The number of H-pyrrole nitrogens is 3. The van der Waals surface area contributed by atoms with Crippen molar-refractivity contribution in [2.75, 3.05) is 32.7 Å². The number of carbonyl (C=O) groups is 4. The average Bonchev–Trinajstić information content (AvgIpc) is 3.64. The molecule has 58 heavy (non-hydrogen) atoms. The fourth-order valence-corrected chi connectivity index (χ4v) is 6.02. The molecule has 6 rings (SSSR count). The zero-order valence-electron chi connectivity index (χ0n) is 37.7. The van der Waals surface area contributed by atoms with Gasteiger partial charge in [0.1, 0.15) is 0 Å². The van der Waals surface area contributed by atoms with Crippen LogP contribution in [0.15, 0.2) is 40.2 Å². The van der Waals surface area contributed by atoms with Crippen molar-refractivity contribution in [2.24, 2.45) is 5.41 Å². The molecule has 0 spiro atoms. The minimum absolute atomic E-state index is 0.0162. The van der Waals surface area contributed by atoms with Crippen LogP contribution in [-0.4, -0.2) is 103 Å². The molecule has 0 bridgehead atoms. The van der Waals surface area contributed by atoms with Gasteiger partial charge in [0.25, 0.3) is 11.1 Å². The Morgan fingerprint density at radius 3 is 1.72 bits per heavy atom. The van der Waals surface area contributed by atoms with Crippen molar-refractivity contribution in [3.63, 3.8) is 0 Å². The van der Waals surface area contributed by atoms with Gasteiger partial charge in [0.2, 0.25) is 11.8 Å². The van der Waals surface area contributed by atoms with Crippen LogP contribution < -0.4 is 27.1 Å². The number of aromatic amines is 3. The van der Waals surface area contributed by atoms with Gasteiger partial charge in [-0.05, 0) is 76.5 Å². The third kappa shape index (κ3) is 15.9. The Bertz CT molecular complexity index is 1960. The predicted octanol–water partition coefficient (Wildman–Crippen LogP) is 5.13. The number of nitrogens with zero attached hydrogens (tertiary/aromatic N) is 3. The van der Waals surface area contributed by atoms with Crippen LogP contribution in [0.1, 0.15) is 128 Å². The average molecular weight is 810 g/mol. The van der Waals surface area contributed by atoms with Gasteiger partial charge in [-0.15, -0.1) is 0 Å². The van der Waals surface area contributed by atoms with E-state index in [0.717, 1.165) is 49.2 Å². The van der Waals surface area contributed by atoms with Crippen molar-refractivity contribution in [2.45, 2.75) is 145 Å². The number of piperazine rings is 1. The molecule has 6 N–H and O–H groups in total. The standard InChI is InChI=1S/C11H14N2O.C8H12N2O.2C8H16N2O.C8H13NO2/c1-11(2,3)7-4-5-8-9(6-7)12-13-10(8)14;1-8(2,3)6-4-7(11)10-5-9-6;1-8(2,3)10-5-4-9-7(11)6-10;1-8(2,3)10-6-4-5-9-7(10)11;1-8(2,3)7-5(10)4-6(11)9-7/h4-6H,1-3H3,(H2,12,13,14);4-5H,1-3H3,(H,9,10,11);2*4-6H2,1-3H3,(H,9,11);7H,4H2,1-3H3,(H,9,11). The minimum atomic E-state index is -0.282. The quantitative estimate of drug-likeness (QED) is 0.168. The molecule has 0 saturated carbocycles. The van der Waals surface area contributed by atoms with Gasteiger partial charge >= 0.3 is 6.03 Å². The molecule has 3 aliphatic rings. The van der Waals surface area contributed by atoms with Crippen LogP contribution >= 0.6 is 0 Å². The number of ketones is 1. The maximum atomic E-state index is 11.3. The molecule has 3 aromatic rings. The SMILES string of the molecule is CC(C)(C)C1NC(=O)CC1=O.CC(C)(C)N1CCCNC1=O.CC(C)(C)N1CCNC(=O)C1.CC(C)(C)c1cc(=O)[nH]cn1.CC(C)(C)c1ccc2c(=O)[nH][nH]c2c1. The van der Waals surface area contributed by atoms with Crippen LogP contribution in [0.25, 0.3) is 10.9 Å². The Morgan fingerprint density at radius 2 is 1.33 bits per heavy atom. The summed E-state index contributed by atoms with van der Waals surface area (Å²) in [4.78, 5) is 76.8. The number of urea groups is 1. The summed E-state index contributed by atoms with van der Waals surface area (Å²) in [6.45, 7) is 34.9. The first-order chi connectivity index (χ1) is 26.4. The molecule has 0 radical (unpaired) electrons. The number of aromatic nitrogens is 4. The highest BCUT2D eigenvalue weighted by atomic mass is 16.2. The Kier molecular flexibility index (Phi) is 16.8.